The van der Waals surface area contributed by atoms with Crippen LogP contribution in [0.4, 0.5) is 4.79 Å². The molecule has 2 fully saturated rings. The first-order valence-corrected chi connectivity index (χ1v) is 8.20. The van der Waals surface area contributed by atoms with Crippen LogP contribution in [-0.4, -0.2) is 21.8 Å². The monoisotopic (exact) mass is 345 g/mol. The van der Waals surface area contributed by atoms with Crippen molar-refractivity contribution in [3.63, 3.8) is 0 Å². The molecule has 2 aromatic rings. The third-order valence-electron chi connectivity index (χ3n) is 4.54. The Labute approximate surface area is 143 Å². The molecule has 1 aromatic carbocycles. The summed E-state index contributed by atoms with van der Waals surface area (Å²) in [6.45, 7) is 1.71. The molecule has 124 valence electrons. The van der Waals surface area contributed by atoms with Crippen LogP contribution in [0.5, 0.6) is 0 Å². The zero-order valence-electron chi connectivity index (χ0n) is 13.1. The first-order chi connectivity index (χ1) is 11.5. The number of urea groups is 1. The average Bonchev–Trinajstić information content (AvgIpc) is 3.26. The second kappa shape index (κ2) is 5.34. The van der Waals surface area contributed by atoms with Gasteiger partial charge in [-0.1, -0.05) is 23.7 Å². The van der Waals surface area contributed by atoms with E-state index >= 15 is 0 Å². The Kier molecular flexibility index (Phi) is 3.38. The van der Waals surface area contributed by atoms with Crippen molar-refractivity contribution in [1.82, 2.24) is 15.2 Å². The molecular weight excluding hydrogens is 330 g/mol. The highest BCUT2D eigenvalue weighted by Crippen LogP contribution is 2.40. The lowest BCUT2D eigenvalue weighted by atomic mass is 9.92. The van der Waals surface area contributed by atoms with E-state index in [9.17, 15) is 9.59 Å². The Hall–Kier alpha value is -2.34. The smallest absolute Gasteiger partial charge is 0.325 e. The quantitative estimate of drug-likeness (QED) is 0.863. The van der Waals surface area contributed by atoms with Crippen LogP contribution in [0.2, 0.25) is 5.02 Å². The SMILES string of the molecule is C[C@]1(c2ccc(Cl)cc2)NC(=O)N(Cc2ncc(C3CC3)o2)C1=O. The van der Waals surface area contributed by atoms with E-state index in [0.29, 0.717) is 22.4 Å². The molecule has 2 heterocycles. The molecule has 6 nitrogen and oxygen atoms in total. The van der Waals surface area contributed by atoms with Crippen LogP contribution >= 0.6 is 11.6 Å². The molecule has 1 aliphatic carbocycles. The maximum absolute atomic E-state index is 12.8. The summed E-state index contributed by atoms with van der Waals surface area (Å²) in [4.78, 5) is 30.4. The summed E-state index contributed by atoms with van der Waals surface area (Å²) in [5, 5.41) is 3.33. The third-order valence-corrected chi connectivity index (χ3v) is 4.79. The highest BCUT2D eigenvalue weighted by atomic mass is 35.5. The van der Waals surface area contributed by atoms with Crippen molar-refractivity contribution in [3.8, 4) is 0 Å². The number of amides is 3. The van der Waals surface area contributed by atoms with Crippen molar-refractivity contribution in [3.05, 3.63) is 52.7 Å². The van der Waals surface area contributed by atoms with Crippen molar-refractivity contribution >= 4 is 23.5 Å². The number of benzene rings is 1. The molecule has 1 saturated carbocycles. The number of carbonyl (C=O) groups excluding carboxylic acids is 2. The van der Waals surface area contributed by atoms with Gasteiger partial charge in [0.2, 0.25) is 5.89 Å². The van der Waals surface area contributed by atoms with Crippen molar-refractivity contribution in [2.24, 2.45) is 0 Å². The molecule has 1 aromatic heterocycles. The number of nitrogens with one attached hydrogen (secondary N) is 1. The molecule has 4 rings (SSSR count). The molecule has 0 unspecified atom stereocenters. The topological polar surface area (TPSA) is 75.4 Å². The summed E-state index contributed by atoms with van der Waals surface area (Å²) in [6, 6.07) is 6.41. The van der Waals surface area contributed by atoms with E-state index in [1.54, 1.807) is 37.4 Å². The Morgan fingerprint density at radius 3 is 2.71 bits per heavy atom. The minimum absolute atomic E-state index is 0.0283. The van der Waals surface area contributed by atoms with Crippen LogP contribution in [0.3, 0.4) is 0 Å². The molecular formula is C17H16ClN3O3. The fourth-order valence-electron chi connectivity index (χ4n) is 2.91. The predicted octanol–water partition coefficient (Wildman–Crippen LogP) is 3.17. The van der Waals surface area contributed by atoms with E-state index < -0.39 is 11.6 Å². The van der Waals surface area contributed by atoms with Gasteiger partial charge < -0.3 is 9.73 Å². The number of nitrogens with zero attached hydrogens (tertiary/aromatic N) is 2. The zero-order chi connectivity index (χ0) is 16.9. The summed E-state index contributed by atoms with van der Waals surface area (Å²) in [5.74, 6) is 1.31. The van der Waals surface area contributed by atoms with E-state index in [0.717, 1.165) is 23.5 Å². The van der Waals surface area contributed by atoms with E-state index in [4.69, 9.17) is 16.0 Å². The van der Waals surface area contributed by atoms with E-state index in [1.807, 2.05) is 0 Å². The number of oxazole rings is 1. The van der Waals surface area contributed by atoms with E-state index in [2.05, 4.69) is 10.3 Å². The molecule has 24 heavy (non-hydrogen) atoms. The van der Waals surface area contributed by atoms with Crippen LogP contribution in [0.15, 0.2) is 34.9 Å². The van der Waals surface area contributed by atoms with Crippen LogP contribution < -0.4 is 5.32 Å². The Balaban J connectivity index is 1.57. The van der Waals surface area contributed by atoms with Crippen molar-refractivity contribution in [2.75, 3.05) is 0 Å². The molecule has 1 saturated heterocycles. The van der Waals surface area contributed by atoms with Gasteiger partial charge in [-0.25, -0.2) is 9.78 Å². The molecule has 0 bridgehead atoms. The van der Waals surface area contributed by atoms with Crippen LogP contribution in [-0.2, 0) is 16.9 Å². The highest BCUT2D eigenvalue weighted by molar-refractivity contribution is 6.30. The van der Waals surface area contributed by atoms with Crippen molar-refractivity contribution in [2.45, 2.75) is 37.8 Å². The Morgan fingerprint density at radius 1 is 1.33 bits per heavy atom. The van der Waals surface area contributed by atoms with Crippen molar-refractivity contribution < 1.29 is 14.0 Å². The average molecular weight is 346 g/mol. The molecule has 3 amide bonds. The maximum atomic E-state index is 12.8. The Bertz CT molecular complexity index is 813. The van der Waals surface area contributed by atoms with Gasteiger partial charge in [0.25, 0.3) is 5.91 Å². The summed E-state index contributed by atoms with van der Waals surface area (Å²) in [7, 11) is 0. The second-order valence-electron chi connectivity index (χ2n) is 6.38. The van der Waals surface area contributed by atoms with Crippen LogP contribution in [0.1, 0.15) is 42.9 Å². The normalized spacial score (nSPS) is 23.7. The van der Waals surface area contributed by atoms with Gasteiger partial charge in [0.1, 0.15) is 17.8 Å². The maximum Gasteiger partial charge on any atom is 0.325 e. The minimum Gasteiger partial charge on any atom is -0.443 e. The minimum atomic E-state index is -1.12. The van der Waals surface area contributed by atoms with Gasteiger partial charge in [-0.2, -0.15) is 0 Å². The number of rotatable bonds is 4. The zero-order valence-corrected chi connectivity index (χ0v) is 13.8. The van der Waals surface area contributed by atoms with Gasteiger partial charge in [-0.3, -0.25) is 9.69 Å². The standard InChI is InChI=1S/C17H16ClN3O3/c1-17(11-4-6-12(18)7-5-11)15(22)21(16(23)20-17)9-14-19-8-13(24-14)10-2-3-10/h4-8,10H,2-3,9H2,1H3,(H,20,23)/t17-/m1/s1. The van der Waals surface area contributed by atoms with Gasteiger partial charge in [0.05, 0.1) is 6.20 Å². The fraction of sp³-hybridized carbons (Fsp3) is 0.353. The molecule has 0 spiro atoms. The van der Waals surface area contributed by atoms with Gasteiger partial charge in [-0.15, -0.1) is 0 Å². The van der Waals surface area contributed by atoms with Crippen molar-refractivity contribution in [1.29, 1.82) is 0 Å². The van der Waals surface area contributed by atoms with E-state index in [-0.39, 0.29) is 12.5 Å². The van der Waals surface area contributed by atoms with Gasteiger partial charge >= 0.3 is 6.03 Å². The van der Waals surface area contributed by atoms with Gasteiger partial charge in [0, 0.05) is 10.9 Å². The number of imide groups is 1. The van der Waals surface area contributed by atoms with Gasteiger partial charge in [-0.05, 0) is 37.5 Å². The molecule has 2 aliphatic rings. The molecule has 7 heteroatoms. The lowest BCUT2D eigenvalue weighted by molar-refractivity contribution is -0.131. The largest absolute Gasteiger partial charge is 0.443 e. The summed E-state index contributed by atoms with van der Waals surface area (Å²) >= 11 is 5.89. The van der Waals surface area contributed by atoms with Crippen LogP contribution in [0.25, 0.3) is 0 Å². The first-order valence-electron chi connectivity index (χ1n) is 7.82. The molecule has 0 radical (unpaired) electrons. The molecule has 1 atom stereocenters. The summed E-state index contributed by atoms with van der Waals surface area (Å²) in [5.41, 5.74) is -0.438. The highest BCUT2D eigenvalue weighted by Gasteiger charge is 2.49. The molecule has 1 N–H and O–H groups in total. The second-order valence-corrected chi connectivity index (χ2v) is 6.82. The number of hydrogen-bond acceptors (Lipinski definition) is 4. The predicted molar refractivity (Wildman–Crippen MR) is 86.4 cm³/mol. The van der Waals surface area contributed by atoms with E-state index in [1.165, 1.54) is 0 Å². The molecule has 1 aliphatic heterocycles. The van der Waals surface area contributed by atoms with Crippen LogP contribution in [0, 0.1) is 0 Å². The summed E-state index contributed by atoms with van der Waals surface area (Å²) in [6.07, 6.45) is 3.89. The number of halogens is 1. The number of aromatic nitrogens is 1. The number of hydrogen-bond donors (Lipinski definition) is 1. The Morgan fingerprint density at radius 2 is 2.04 bits per heavy atom. The first kappa shape index (κ1) is 15.2. The summed E-state index contributed by atoms with van der Waals surface area (Å²) < 4.78 is 5.65. The lowest BCUT2D eigenvalue weighted by Gasteiger charge is -2.22. The third kappa shape index (κ3) is 2.47. The number of carbonyl (C=O) groups is 2. The fourth-order valence-corrected chi connectivity index (χ4v) is 3.03. The lowest BCUT2D eigenvalue weighted by Crippen LogP contribution is -2.40. The van der Waals surface area contributed by atoms with Gasteiger partial charge in [0.15, 0.2) is 0 Å².